The maximum atomic E-state index is 10.6. The molecule has 0 bridgehead atoms. The lowest BCUT2D eigenvalue weighted by atomic mass is 10.3. The van der Waals surface area contributed by atoms with Crippen LogP contribution >= 0.6 is 0 Å². The summed E-state index contributed by atoms with van der Waals surface area (Å²) >= 11 is 0. The summed E-state index contributed by atoms with van der Waals surface area (Å²) in [5, 5.41) is 13.9. The average molecular weight is 304 g/mol. The number of nitrogens with zero attached hydrogens (tertiary/aromatic N) is 3. The minimum atomic E-state index is -5.08. The molecule has 0 aromatic carbocycles. The molecule has 2 heterocycles. The maximum absolute atomic E-state index is 10.6. The van der Waals surface area contributed by atoms with Crippen molar-refractivity contribution < 1.29 is 27.6 Å². The van der Waals surface area contributed by atoms with E-state index in [0.29, 0.717) is 18.3 Å². The Labute approximate surface area is 116 Å². The molecule has 0 saturated carbocycles. The van der Waals surface area contributed by atoms with Crippen molar-refractivity contribution in [3.63, 3.8) is 0 Å². The van der Waals surface area contributed by atoms with Crippen LogP contribution in [-0.2, 0) is 11.3 Å². The van der Waals surface area contributed by atoms with E-state index in [0.717, 1.165) is 5.69 Å². The summed E-state index contributed by atoms with van der Waals surface area (Å²) in [4.78, 5) is 17.2. The number of alkyl halides is 3. The fourth-order valence-electron chi connectivity index (χ4n) is 1.08. The second-order valence-corrected chi connectivity index (χ2v) is 3.56. The molecule has 0 unspecified atom stereocenters. The highest BCUT2D eigenvalue weighted by atomic mass is 19.4. The molecular formula is C11H11F3N4O3. The highest BCUT2D eigenvalue weighted by Crippen LogP contribution is 2.13. The molecule has 7 nitrogen and oxygen atoms in total. The molecule has 0 fully saturated rings. The molecule has 0 radical (unpaired) electrons. The molecule has 2 aromatic rings. The third kappa shape index (κ3) is 5.57. The Kier molecular flexibility index (Phi) is 5.79. The van der Waals surface area contributed by atoms with E-state index in [1.165, 1.54) is 0 Å². The number of hydrogen-bond donors (Lipinski definition) is 2. The number of carboxylic acid groups (broad SMARTS) is 1. The summed E-state index contributed by atoms with van der Waals surface area (Å²) < 4.78 is 36.7. The molecule has 0 atom stereocenters. The van der Waals surface area contributed by atoms with E-state index in [1.807, 2.05) is 25.2 Å². The SMILES string of the molecule is CNCc1nc(-c2ccccn2)no1.O=C(O)C(F)(F)F. The van der Waals surface area contributed by atoms with Gasteiger partial charge in [-0.2, -0.15) is 18.2 Å². The number of rotatable bonds is 3. The smallest absolute Gasteiger partial charge is 0.475 e. The minimum Gasteiger partial charge on any atom is -0.475 e. The molecule has 0 aliphatic heterocycles. The first-order valence-corrected chi connectivity index (χ1v) is 5.53. The highest BCUT2D eigenvalue weighted by molar-refractivity contribution is 5.73. The molecule has 2 rings (SSSR count). The Morgan fingerprint density at radius 1 is 1.43 bits per heavy atom. The van der Waals surface area contributed by atoms with Crippen LogP contribution in [0, 0.1) is 0 Å². The summed E-state index contributed by atoms with van der Waals surface area (Å²) in [5.74, 6) is -1.67. The minimum absolute atomic E-state index is 0.524. The number of carboxylic acids is 1. The van der Waals surface area contributed by atoms with Gasteiger partial charge in [-0.05, 0) is 19.2 Å². The fraction of sp³-hybridized carbons (Fsp3) is 0.273. The fourth-order valence-corrected chi connectivity index (χ4v) is 1.08. The van der Waals surface area contributed by atoms with Gasteiger partial charge >= 0.3 is 12.1 Å². The van der Waals surface area contributed by atoms with Crippen molar-refractivity contribution in [3.8, 4) is 11.5 Å². The van der Waals surface area contributed by atoms with E-state index >= 15 is 0 Å². The molecule has 10 heteroatoms. The summed E-state index contributed by atoms with van der Waals surface area (Å²) in [6, 6.07) is 5.57. The normalized spacial score (nSPS) is 10.7. The van der Waals surface area contributed by atoms with Crippen molar-refractivity contribution in [1.29, 1.82) is 0 Å². The zero-order valence-corrected chi connectivity index (χ0v) is 10.8. The molecule has 2 N–H and O–H groups in total. The zero-order valence-electron chi connectivity index (χ0n) is 10.8. The first-order chi connectivity index (χ1) is 9.84. The number of hydrogen-bond acceptors (Lipinski definition) is 6. The molecule has 2 aromatic heterocycles. The summed E-state index contributed by atoms with van der Waals surface area (Å²) in [6.07, 6.45) is -3.39. The maximum Gasteiger partial charge on any atom is 0.490 e. The number of carbonyl (C=O) groups is 1. The summed E-state index contributed by atoms with van der Waals surface area (Å²) in [7, 11) is 1.82. The third-order valence-electron chi connectivity index (χ3n) is 1.93. The van der Waals surface area contributed by atoms with E-state index in [9.17, 15) is 13.2 Å². The first-order valence-electron chi connectivity index (χ1n) is 5.53. The van der Waals surface area contributed by atoms with Crippen molar-refractivity contribution in [2.75, 3.05) is 7.05 Å². The predicted octanol–water partition coefficient (Wildman–Crippen LogP) is 1.48. The van der Waals surface area contributed by atoms with Gasteiger partial charge in [0.25, 0.3) is 0 Å². The molecule has 0 aliphatic rings. The van der Waals surface area contributed by atoms with Gasteiger partial charge in [0.1, 0.15) is 5.69 Å². The summed E-state index contributed by atoms with van der Waals surface area (Å²) in [6.45, 7) is 0.569. The van der Waals surface area contributed by atoms with E-state index in [-0.39, 0.29) is 0 Å². The molecular weight excluding hydrogens is 293 g/mol. The molecule has 0 saturated heterocycles. The van der Waals surface area contributed by atoms with Crippen LogP contribution < -0.4 is 5.32 Å². The number of pyridine rings is 1. The van der Waals surface area contributed by atoms with Crippen LogP contribution in [0.3, 0.4) is 0 Å². The molecule has 114 valence electrons. The van der Waals surface area contributed by atoms with E-state index in [4.69, 9.17) is 14.4 Å². The lowest BCUT2D eigenvalue weighted by molar-refractivity contribution is -0.192. The van der Waals surface area contributed by atoms with E-state index < -0.39 is 12.1 Å². The Bertz CT molecular complexity index is 572. The Morgan fingerprint density at radius 3 is 2.57 bits per heavy atom. The van der Waals surface area contributed by atoms with Crippen molar-refractivity contribution in [1.82, 2.24) is 20.4 Å². The van der Waals surface area contributed by atoms with Crippen LogP contribution in [0.25, 0.3) is 11.5 Å². The van der Waals surface area contributed by atoms with Crippen LogP contribution in [0.1, 0.15) is 5.89 Å². The van der Waals surface area contributed by atoms with E-state index in [1.54, 1.807) is 6.20 Å². The van der Waals surface area contributed by atoms with Gasteiger partial charge in [-0.25, -0.2) is 4.79 Å². The largest absolute Gasteiger partial charge is 0.490 e. The van der Waals surface area contributed by atoms with Crippen LogP contribution in [0.4, 0.5) is 13.2 Å². The zero-order chi connectivity index (χ0) is 15.9. The second kappa shape index (κ2) is 7.33. The highest BCUT2D eigenvalue weighted by Gasteiger charge is 2.38. The second-order valence-electron chi connectivity index (χ2n) is 3.56. The van der Waals surface area contributed by atoms with Gasteiger partial charge in [0, 0.05) is 6.20 Å². The van der Waals surface area contributed by atoms with Gasteiger partial charge in [0.2, 0.25) is 11.7 Å². The number of aliphatic carboxylic acids is 1. The van der Waals surface area contributed by atoms with Gasteiger partial charge in [0.15, 0.2) is 0 Å². The number of aromatic nitrogens is 3. The molecule has 0 aliphatic carbocycles. The van der Waals surface area contributed by atoms with Crippen LogP contribution in [-0.4, -0.2) is 39.4 Å². The topological polar surface area (TPSA) is 101 Å². The quantitative estimate of drug-likeness (QED) is 0.885. The average Bonchev–Trinajstić information content (AvgIpc) is 2.88. The lowest BCUT2D eigenvalue weighted by Crippen LogP contribution is -2.21. The Morgan fingerprint density at radius 2 is 2.10 bits per heavy atom. The number of nitrogens with one attached hydrogen (secondary N) is 1. The standard InChI is InChI=1S/C9H10N4O.C2HF3O2/c1-10-6-8-12-9(13-14-8)7-4-2-3-5-11-7;3-2(4,5)1(6)7/h2-5,10H,6H2,1H3;(H,6,7). The van der Waals surface area contributed by atoms with E-state index in [2.05, 4.69) is 20.4 Å². The van der Waals surface area contributed by atoms with Crippen molar-refractivity contribution in [2.45, 2.75) is 12.7 Å². The van der Waals surface area contributed by atoms with Crippen LogP contribution in [0.15, 0.2) is 28.9 Å². The van der Waals surface area contributed by atoms with Crippen molar-refractivity contribution in [2.24, 2.45) is 0 Å². The molecule has 0 amide bonds. The van der Waals surface area contributed by atoms with Gasteiger partial charge in [-0.1, -0.05) is 11.2 Å². The van der Waals surface area contributed by atoms with Gasteiger partial charge < -0.3 is 14.9 Å². The van der Waals surface area contributed by atoms with Crippen LogP contribution in [0.2, 0.25) is 0 Å². The monoisotopic (exact) mass is 304 g/mol. The van der Waals surface area contributed by atoms with Crippen molar-refractivity contribution >= 4 is 5.97 Å². The van der Waals surface area contributed by atoms with Gasteiger partial charge in [-0.3, -0.25) is 4.98 Å². The van der Waals surface area contributed by atoms with Gasteiger partial charge in [0.05, 0.1) is 6.54 Å². The Balaban J connectivity index is 0.000000270. The number of halogens is 3. The lowest BCUT2D eigenvalue weighted by Gasteiger charge is -1.93. The van der Waals surface area contributed by atoms with Crippen molar-refractivity contribution in [3.05, 3.63) is 30.3 Å². The van der Waals surface area contributed by atoms with Gasteiger partial charge in [-0.15, -0.1) is 0 Å². The third-order valence-corrected chi connectivity index (χ3v) is 1.93. The summed E-state index contributed by atoms with van der Waals surface area (Å²) in [5.41, 5.74) is 0.721. The first kappa shape index (κ1) is 16.6. The van der Waals surface area contributed by atoms with Crippen LogP contribution in [0.5, 0.6) is 0 Å². The Hall–Kier alpha value is -2.49. The molecule has 21 heavy (non-hydrogen) atoms. The molecule has 0 spiro atoms. The predicted molar refractivity (Wildman–Crippen MR) is 64.0 cm³/mol.